The van der Waals surface area contributed by atoms with Gasteiger partial charge in [-0.3, -0.25) is 9.59 Å². The number of thioether (sulfide) groups is 1. The average Bonchev–Trinajstić information content (AvgIpc) is 2.66. The molecule has 0 aliphatic carbocycles. The van der Waals surface area contributed by atoms with Crippen molar-refractivity contribution in [3.05, 3.63) is 70.8 Å². The number of nitrogens with zero attached hydrogens (tertiary/aromatic N) is 1. The van der Waals surface area contributed by atoms with E-state index in [4.69, 9.17) is 0 Å². The highest BCUT2D eigenvalue weighted by Gasteiger charge is 2.30. The lowest BCUT2D eigenvalue weighted by molar-refractivity contribution is -0.140. The van der Waals surface area contributed by atoms with E-state index in [1.165, 1.54) is 16.7 Å². The van der Waals surface area contributed by atoms with Crippen LogP contribution in [0.25, 0.3) is 0 Å². The molecule has 31 heavy (non-hydrogen) atoms. The molecule has 2 aromatic carbocycles. The third-order valence-corrected chi connectivity index (χ3v) is 5.84. The third kappa shape index (κ3) is 8.41. The van der Waals surface area contributed by atoms with E-state index in [0.717, 1.165) is 11.3 Å². The SMILES string of the molecule is CCC(C(=O)NC(C)(C)C)N(Cc1ccccc1)C(=O)CSCc1cc(C)cc(C)c1. The molecule has 2 rings (SSSR count). The second-order valence-electron chi connectivity index (χ2n) is 9.16. The lowest BCUT2D eigenvalue weighted by Crippen LogP contribution is -2.53. The van der Waals surface area contributed by atoms with Crippen LogP contribution in [0.4, 0.5) is 0 Å². The molecule has 0 fully saturated rings. The number of carbonyl (C=O) groups is 2. The minimum atomic E-state index is -0.492. The van der Waals surface area contributed by atoms with Crippen molar-refractivity contribution in [2.75, 3.05) is 5.75 Å². The zero-order valence-corrected chi connectivity index (χ0v) is 20.5. The standard InChI is InChI=1S/C26H36N2O2S/c1-7-23(25(30)27-26(4,5)6)28(16-21-11-9-8-10-12-21)24(29)18-31-17-22-14-19(2)13-20(3)15-22/h8-15,23H,7,16-18H2,1-6H3,(H,27,30). The van der Waals surface area contributed by atoms with Crippen LogP contribution in [0.1, 0.15) is 56.4 Å². The average molecular weight is 441 g/mol. The molecule has 0 saturated carbocycles. The van der Waals surface area contributed by atoms with Crippen LogP contribution in [-0.4, -0.2) is 34.0 Å². The van der Waals surface area contributed by atoms with Crippen LogP contribution in [-0.2, 0) is 21.9 Å². The van der Waals surface area contributed by atoms with Crippen molar-refractivity contribution in [3.63, 3.8) is 0 Å². The minimum absolute atomic E-state index is 0.00543. The molecule has 0 radical (unpaired) electrons. The van der Waals surface area contributed by atoms with Gasteiger partial charge in [0.05, 0.1) is 5.75 Å². The summed E-state index contributed by atoms with van der Waals surface area (Å²) in [5.74, 6) is 1.02. The maximum atomic E-state index is 13.3. The van der Waals surface area contributed by atoms with E-state index in [1.807, 2.05) is 58.0 Å². The van der Waals surface area contributed by atoms with Crippen molar-refractivity contribution in [2.45, 2.75) is 71.8 Å². The predicted molar refractivity (Wildman–Crippen MR) is 131 cm³/mol. The van der Waals surface area contributed by atoms with Crippen molar-refractivity contribution in [1.82, 2.24) is 10.2 Å². The Bertz CT molecular complexity index is 854. The number of hydrogen-bond acceptors (Lipinski definition) is 3. The summed E-state index contributed by atoms with van der Waals surface area (Å²) in [6, 6.07) is 15.9. The fourth-order valence-electron chi connectivity index (χ4n) is 3.64. The van der Waals surface area contributed by atoms with Crippen LogP contribution in [0.15, 0.2) is 48.5 Å². The van der Waals surface area contributed by atoms with Crippen molar-refractivity contribution < 1.29 is 9.59 Å². The van der Waals surface area contributed by atoms with Crippen molar-refractivity contribution >= 4 is 23.6 Å². The van der Waals surface area contributed by atoms with Gasteiger partial charge >= 0.3 is 0 Å². The first-order valence-corrected chi connectivity index (χ1v) is 12.0. The van der Waals surface area contributed by atoms with E-state index < -0.39 is 6.04 Å². The van der Waals surface area contributed by atoms with E-state index in [-0.39, 0.29) is 17.4 Å². The number of carbonyl (C=O) groups excluding carboxylic acids is 2. The maximum absolute atomic E-state index is 13.3. The maximum Gasteiger partial charge on any atom is 0.243 e. The molecule has 0 aliphatic heterocycles. The number of hydrogen-bond donors (Lipinski definition) is 1. The quantitative estimate of drug-likeness (QED) is 0.579. The molecule has 1 atom stereocenters. The van der Waals surface area contributed by atoms with Crippen LogP contribution in [0.2, 0.25) is 0 Å². The zero-order chi connectivity index (χ0) is 23.0. The van der Waals surface area contributed by atoms with Crippen molar-refractivity contribution in [2.24, 2.45) is 0 Å². The van der Waals surface area contributed by atoms with Gasteiger partial charge in [-0.15, -0.1) is 11.8 Å². The summed E-state index contributed by atoms with van der Waals surface area (Å²) in [6.07, 6.45) is 0.572. The molecule has 168 valence electrons. The predicted octanol–water partition coefficient (Wildman–Crippen LogP) is 5.26. The van der Waals surface area contributed by atoms with Crippen molar-refractivity contribution in [3.8, 4) is 0 Å². The summed E-state index contributed by atoms with van der Waals surface area (Å²) in [4.78, 5) is 28.0. The number of nitrogens with one attached hydrogen (secondary N) is 1. The van der Waals surface area contributed by atoms with E-state index in [9.17, 15) is 9.59 Å². The molecule has 0 aromatic heterocycles. The van der Waals surface area contributed by atoms with Gasteiger partial charge in [0.15, 0.2) is 0 Å². The Morgan fingerprint density at radius 2 is 1.61 bits per heavy atom. The molecule has 0 heterocycles. The van der Waals surface area contributed by atoms with Crippen molar-refractivity contribution in [1.29, 1.82) is 0 Å². The van der Waals surface area contributed by atoms with Gasteiger partial charge < -0.3 is 10.2 Å². The third-order valence-electron chi connectivity index (χ3n) is 4.86. The Balaban J connectivity index is 2.13. The lowest BCUT2D eigenvalue weighted by Gasteiger charge is -2.33. The van der Waals surface area contributed by atoms with Gasteiger partial charge in [0.25, 0.3) is 0 Å². The van der Waals surface area contributed by atoms with E-state index in [2.05, 4.69) is 37.4 Å². The monoisotopic (exact) mass is 440 g/mol. The summed E-state index contributed by atoms with van der Waals surface area (Å²) in [6.45, 7) is 12.4. The van der Waals surface area contributed by atoms with Gasteiger partial charge in [-0.25, -0.2) is 0 Å². The van der Waals surface area contributed by atoms with Gasteiger partial charge in [-0.2, -0.15) is 0 Å². The Hall–Kier alpha value is -2.27. The first-order valence-electron chi connectivity index (χ1n) is 10.9. The summed E-state index contributed by atoms with van der Waals surface area (Å²) in [7, 11) is 0. The van der Waals surface area contributed by atoms with Crippen LogP contribution in [0, 0.1) is 13.8 Å². The molecule has 5 heteroatoms. The molecule has 0 bridgehead atoms. The summed E-state index contributed by atoms with van der Waals surface area (Å²) < 4.78 is 0. The lowest BCUT2D eigenvalue weighted by atomic mass is 10.1. The first kappa shape index (κ1) is 25.0. The Kier molecular flexibility index (Phi) is 9.17. The second kappa shape index (κ2) is 11.4. The topological polar surface area (TPSA) is 49.4 Å². The van der Waals surface area contributed by atoms with Crippen LogP contribution < -0.4 is 5.32 Å². The minimum Gasteiger partial charge on any atom is -0.350 e. The van der Waals surface area contributed by atoms with Gasteiger partial charge in [0.1, 0.15) is 6.04 Å². The first-order chi connectivity index (χ1) is 14.6. The highest BCUT2D eigenvalue weighted by molar-refractivity contribution is 7.99. The van der Waals surface area contributed by atoms with E-state index in [1.54, 1.807) is 16.7 Å². The van der Waals surface area contributed by atoms with Gasteiger partial charge in [-0.1, -0.05) is 66.6 Å². The zero-order valence-electron chi connectivity index (χ0n) is 19.7. The molecule has 2 amide bonds. The second-order valence-corrected chi connectivity index (χ2v) is 10.1. The molecular weight excluding hydrogens is 404 g/mol. The molecule has 0 aliphatic rings. The highest BCUT2D eigenvalue weighted by Crippen LogP contribution is 2.19. The molecule has 4 nitrogen and oxygen atoms in total. The fraction of sp³-hybridized carbons (Fsp3) is 0.462. The molecule has 1 N–H and O–H groups in total. The van der Waals surface area contributed by atoms with E-state index >= 15 is 0 Å². The normalized spacial score (nSPS) is 12.3. The smallest absolute Gasteiger partial charge is 0.243 e. The Labute approximate surface area is 191 Å². The molecular formula is C26H36N2O2S. The number of amides is 2. The van der Waals surface area contributed by atoms with Gasteiger partial charge in [0, 0.05) is 17.8 Å². The summed E-state index contributed by atoms with van der Waals surface area (Å²) in [5.41, 5.74) is 4.37. The van der Waals surface area contributed by atoms with Crippen LogP contribution in [0.3, 0.4) is 0 Å². The summed E-state index contributed by atoms with van der Waals surface area (Å²) >= 11 is 1.60. The van der Waals surface area contributed by atoms with Gasteiger partial charge in [0.2, 0.25) is 11.8 Å². The summed E-state index contributed by atoms with van der Waals surface area (Å²) in [5, 5.41) is 3.05. The highest BCUT2D eigenvalue weighted by atomic mass is 32.2. The van der Waals surface area contributed by atoms with Crippen LogP contribution >= 0.6 is 11.8 Å². The fourth-order valence-corrected chi connectivity index (χ4v) is 4.49. The largest absolute Gasteiger partial charge is 0.350 e. The molecule has 0 saturated heterocycles. The number of rotatable bonds is 9. The van der Waals surface area contributed by atoms with Crippen LogP contribution in [0.5, 0.6) is 0 Å². The van der Waals surface area contributed by atoms with E-state index in [0.29, 0.717) is 18.7 Å². The Morgan fingerprint density at radius 3 is 2.16 bits per heavy atom. The number of benzene rings is 2. The van der Waals surface area contributed by atoms with Gasteiger partial charge in [-0.05, 0) is 52.2 Å². The number of aryl methyl sites for hydroxylation is 2. The molecule has 1 unspecified atom stereocenters. The Morgan fingerprint density at radius 1 is 1.00 bits per heavy atom. The molecule has 2 aromatic rings. The molecule has 0 spiro atoms.